The maximum absolute atomic E-state index is 12.1. The molecule has 0 bridgehead atoms. The molecular formula is C21H26O5. The van der Waals surface area contributed by atoms with Crippen molar-refractivity contribution in [3.63, 3.8) is 0 Å². The summed E-state index contributed by atoms with van der Waals surface area (Å²) in [6, 6.07) is 15.2. The topological polar surface area (TPSA) is 76.0 Å². The fourth-order valence-corrected chi connectivity index (χ4v) is 2.52. The van der Waals surface area contributed by atoms with Crippen LogP contribution >= 0.6 is 0 Å². The van der Waals surface area contributed by atoms with E-state index in [0.29, 0.717) is 25.7 Å². The Morgan fingerprint density at radius 1 is 0.692 bits per heavy atom. The van der Waals surface area contributed by atoms with Gasteiger partial charge in [-0.2, -0.15) is 0 Å². The highest BCUT2D eigenvalue weighted by atomic mass is 16.5. The lowest BCUT2D eigenvalue weighted by Gasteiger charge is -2.07. The summed E-state index contributed by atoms with van der Waals surface area (Å²) in [6.07, 6.45) is 2.48. The molecule has 0 aliphatic carbocycles. The Bertz CT molecular complexity index is 592. The Hall–Kier alpha value is -2.37. The number of aliphatic hydroxyl groups is 2. The molecule has 0 aromatic heterocycles. The zero-order valence-electron chi connectivity index (χ0n) is 14.9. The first-order valence-corrected chi connectivity index (χ1v) is 8.88. The van der Waals surface area contributed by atoms with Gasteiger partial charge < -0.3 is 19.7 Å². The standard InChI is InChI=1S/C21H26O5/c22-13-15-25-20-9-3-17(4-10-20)1-7-19(24)8-2-18-5-11-21(12-6-18)26-16-14-23/h3-6,9-12,22-23H,1-2,7-8,13-16H2. The van der Waals surface area contributed by atoms with E-state index in [1.54, 1.807) is 0 Å². The minimum Gasteiger partial charge on any atom is -0.491 e. The SMILES string of the molecule is O=C(CCc1ccc(OCCO)cc1)CCc1ccc(OCCO)cc1. The van der Waals surface area contributed by atoms with Crippen molar-refractivity contribution >= 4 is 5.78 Å². The van der Waals surface area contributed by atoms with E-state index in [0.717, 1.165) is 22.6 Å². The highest BCUT2D eigenvalue weighted by Crippen LogP contribution is 2.15. The van der Waals surface area contributed by atoms with Gasteiger partial charge in [-0.3, -0.25) is 4.79 Å². The molecule has 0 unspecified atom stereocenters. The Morgan fingerprint density at radius 3 is 1.42 bits per heavy atom. The van der Waals surface area contributed by atoms with Crippen molar-refractivity contribution in [3.05, 3.63) is 59.7 Å². The highest BCUT2D eigenvalue weighted by molar-refractivity contribution is 5.78. The van der Waals surface area contributed by atoms with Crippen LogP contribution in [0.15, 0.2) is 48.5 Å². The molecule has 0 aliphatic heterocycles. The lowest BCUT2D eigenvalue weighted by molar-refractivity contribution is -0.119. The molecule has 0 amide bonds. The number of aryl methyl sites for hydroxylation is 2. The van der Waals surface area contributed by atoms with Gasteiger partial charge in [0, 0.05) is 12.8 Å². The third kappa shape index (κ3) is 7.25. The number of hydrogen-bond acceptors (Lipinski definition) is 5. The van der Waals surface area contributed by atoms with Crippen molar-refractivity contribution in [2.45, 2.75) is 25.7 Å². The van der Waals surface area contributed by atoms with Gasteiger partial charge in [0.15, 0.2) is 0 Å². The molecule has 5 heteroatoms. The van der Waals surface area contributed by atoms with E-state index in [4.69, 9.17) is 19.7 Å². The third-order valence-corrected chi connectivity index (χ3v) is 3.95. The number of ketones is 1. The van der Waals surface area contributed by atoms with Crippen LogP contribution in [0.3, 0.4) is 0 Å². The van der Waals surface area contributed by atoms with Gasteiger partial charge >= 0.3 is 0 Å². The van der Waals surface area contributed by atoms with Crippen molar-refractivity contribution in [2.24, 2.45) is 0 Å². The number of carbonyl (C=O) groups is 1. The summed E-state index contributed by atoms with van der Waals surface area (Å²) in [6.45, 7) is 0.558. The van der Waals surface area contributed by atoms with Crippen LogP contribution in [0.1, 0.15) is 24.0 Å². The summed E-state index contributed by atoms with van der Waals surface area (Å²) in [5.41, 5.74) is 2.19. The van der Waals surface area contributed by atoms with Crippen LogP contribution in [0, 0.1) is 0 Å². The number of benzene rings is 2. The van der Waals surface area contributed by atoms with Crippen LogP contribution in [0.2, 0.25) is 0 Å². The number of hydrogen-bond donors (Lipinski definition) is 2. The molecule has 0 atom stereocenters. The molecule has 0 spiro atoms. The fraction of sp³-hybridized carbons (Fsp3) is 0.381. The average molecular weight is 358 g/mol. The minimum absolute atomic E-state index is 0.00529. The van der Waals surface area contributed by atoms with Crippen LogP contribution in [0.5, 0.6) is 11.5 Å². The lowest BCUT2D eigenvalue weighted by Crippen LogP contribution is -2.03. The summed E-state index contributed by atoms with van der Waals surface area (Å²) in [5, 5.41) is 17.5. The summed E-state index contributed by atoms with van der Waals surface area (Å²) < 4.78 is 10.6. The Balaban J connectivity index is 1.70. The molecule has 2 N–H and O–H groups in total. The van der Waals surface area contributed by atoms with Crippen LogP contribution in [-0.2, 0) is 17.6 Å². The van der Waals surface area contributed by atoms with E-state index in [-0.39, 0.29) is 32.2 Å². The third-order valence-electron chi connectivity index (χ3n) is 3.95. The predicted molar refractivity (Wildman–Crippen MR) is 99.7 cm³/mol. The zero-order valence-corrected chi connectivity index (χ0v) is 14.9. The van der Waals surface area contributed by atoms with Gasteiger partial charge in [0.1, 0.15) is 30.5 Å². The second kappa shape index (κ2) is 11.3. The van der Waals surface area contributed by atoms with Gasteiger partial charge in [0.05, 0.1) is 13.2 Å². The maximum atomic E-state index is 12.1. The summed E-state index contributed by atoms with van der Waals surface area (Å²) in [5.74, 6) is 1.69. The molecule has 140 valence electrons. The van der Waals surface area contributed by atoms with Gasteiger partial charge in [-0.1, -0.05) is 24.3 Å². The smallest absolute Gasteiger partial charge is 0.133 e. The fourth-order valence-electron chi connectivity index (χ4n) is 2.52. The summed E-state index contributed by atoms with van der Waals surface area (Å²) in [4.78, 5) is 12.1. The maximum Gasteiger partial charge on any atom is 0.133 e. The molecule has 0 fully saturated rings. The first-order chi connectivity index (χ1) is 12.7. The number of ether oxygens (including phenoxy) is 2. The van der Waals surface area contributed by atoms with E-state index < -0.39 is 0 Å². The Labute approximate surface area is 154 Å². The van der Waals surface area contributed by atoms with Gasteiger partial charge in [-0.05, 0) is 48.2 Å². The molecule has 2 aromatic rings. The molecule has 0 saturated carbocycles. The quantitative estimate of drug-likeness (QED) is 0.610. The van der Waals surface area contributed by atoms with Crippen LogP contribution in [0.25, 0.3) is 0 Å². The summed E-state index contributed by atoms with van der Waals surface area (Å²) >= 11 is 0. The molecule has 0 heterocycles. The van der Waals surface area contributed by atoms with E-state index in [2.05, 4.69) is 0 Å². The molecular weight excluding hydrogens is 332 g/mol. The minimum atomic E-state index is -0.00529. The van der Waals surface area contributed by atoms with Crippen molar-refractivity contribution < 1.29 is 24.5 Å². The molecule has 26 heavy (non-hydrogen) atoms. The van der Waals surface area contributed by atoms with Crippen molar-refractivity contribution in [2.75, 3.05) is 26.4 Å². The largest absolute Gasteiger partial charge is 0.491 e. The van der Waals surface area contributed by atoms with Gasteiger partial charge in [-0.15, -0.1) is 0 Å². The number of Topliss-reactive ketones (excluding diaryl/α,β-unsaturated/α-hetero) is 1. The van der Waals surface area contributed by atoms with E-state index in [1.165, 1.54) is 0 Å². The van der Waals surface area contributed by atoms with Crippen LogP contribution in [0.4, 0.5) is 0 Å². The number of rotatable bonds is 12. The van der Waals surface area contributed by atoms with Crippen molar-refractivity contribution in [3.8, 4) is 11.5 Å². The van der Waals surface area contributed by atoms with E-state index in [9.17, 15) is 4.79 Å². The number of aliphatic hydroxyl groups excluding tert-OH is 2. The lowest BCUT2D eigenvalue weighted by atomic mass is 10.0. The monoisotopic (exact) mass is 358 g/mol. The molecule has 2 aromatic carbocycles. The first kappa shape index (κ1) is 19.9. The van der Waals surface area contributed by atoms with Crippen molar-refractivity contribution in [1.29, 1.82) is 0 Å². The molecule has 0 saturated heterocycles. The van der Waals surface area contributed by atoms with Crippen LogP contribution < -0.4 is 9.47 Å². The van der Waals surface area contributed by atoms with Gasteiger partial charge in [0.25, 0.3) is 0 Å². The van der Waals surface area contributed by atoms with Gasteiger partial charge in [-0.25, -0.2) is 0 Å². The summed E-state index contributed by atoms with van der Waals surface area (Å²) in [7, 11) is 0. The van der Waals surface area contributed by atoms with Crippen LogP contribution in [-0.4, -0.2) is 42.4 Å². The first-order valence-electron chi connectivity index (χ1n) is 8.88. The highest BCUT2D eigenvalue weighted by Gasteiger charge is 2.05. The average Bonchev–Trinajstić information content (AvgIpc) is 2.69. The second-order valence-corrected chi connectivity index (χ2v) is 5.97. The Morgan fingerprint density at radius 2 is 1.08 bits per heavy atom. The Kier molecular flexibility index (Phi) is 8.66. The predicted octanol–water partition coefficient (Wildman–Crippen LogP) is 2.56. The van der Waals surface area contributed by atoms with E-state index >= 15 is 0 Å². The molecule has 0 radical (unpaired) electrons. The van der Waals surface area contributed by atoms with Gasteiger partial charge in [0.2, 0.25) is 0 Å². The molecule has 0 aliphatic rings. The molecule has 2 rings (SSSR count). The molecule has 5 nitrogen and oxygen atoms in total. The second-order valence-electron chi connectivity index (χ2n) is 5.97. The van der Waals surface area contributed by atoms with Crippen molar-refractivity contribution in [1.82, 2.24) is 0 Å². The number of carbonyl (C=O) groups excluding carboxylic acids is 1. The zero-order chi connectivity index (χ0) is 18.6. The van der Waals surface area contributed by atoms with E-state index in [1.807, 2.05) is 48.5 Å². The normalized spacial score (nSPS) is 10.5.